The Morgan fingerprint density at radius 1 is 0.944 bits per heavy atom. The fourth-order valence-corrected chi connectivity index (χ4v) is 1.22. The number of amides is 4. The fraction of sp³-hybridized carbons (Fsp3) is 0. The Hall–Kier alpha value is -2.65. The van der Waals surface area contributed by atoms with Crippen LogP contribution >= 0.6 is 0 Å². The summed E-state index contributed by atoms with van der Waals surface area (Å²) >= 11 is 0. The molecule has 0 heterocycles. The number of hydrogen-bond donors (Lipinski definition) is 4. The molecular formula is C9H12N6O3. The summed E-state index contributed by atoms with van der Waals surface area (Å²) in [6.45, 7) is 0. The molecule has 4 amide bonds. The molecule has 8 N–H and O–H groups in total. The molecule has 0 aliphatic carbocycles. The maximum absolute atomic E-state index is 10.9. The van der Waals surface area contributed by atoms with E-state index in [1.807, 2.05) is 0 Å². The summed E-state index contributed by atoms with van der Waals surface area (Å²) in [5.74, 6) is 10.7. The average molecular weight is 252 g/mol. The number of primary amides is 2. The van der Waals surface area contributed by atoms with Gasteiger partial charge >= 0.3 is 12.1 Å². The van der Waals surface area contributed by atoms with Crippen LogP contribution < -0.4 is 33.2 Å². The van der Waals surface area contributed by atoms with Gasteiger partial charge in [-0.3, -0.25) is 4.79 Å². The van der Waals surface area contributed by atoms with Gasteiger partial charge in [-0.15, -0.1) is 0 Å². The van der Waals surface area contributed by atoms with Gasteiger partial charge in [0.05, 0.1) is 11.4 Å². The second-order valence-electron chi connectivity index (χ2n) is 3.32. The van der Waals surface area contributed by atoms with Gasteiger partial charge in [-0.25, -0.2) is 31.3 Å². The monoisotopic (exact) mass is 252 g/mol. The molecule has 0 atom stereocenters. The minimum atomic E-state index is -0.938. The summed E-state index contributed by atoms with van der Waals surface area (Å²) < 4.78 is 0. The number of anilines is 2. The first kappa shape index (κ1) is 13.4. The van der Waals surface area contributed by atoms with Crippen molar-refractivity contribution >= 4 is 29.7 Å². The molecule has 18 heavy (non-hydrogen) atoms. The number of rotatable bonds is 3. The van der Waals surface area contributed by atoms with E-state index in [-0.39, 0.29) is 16.9 Å². The molecule has 0 fully saturated rings. The van der Waals surface area contributed by atoms with Crippen LogP contribution in [0.15, 0.2) is 18.2 Å². The van der Waals surface area contributed by atoms with E-state index >= 15 is 0 Å². The van der Waals surface area contributed by atoms with Gasteiger partial charge in [-0.2, -0.15) is 0 Å². The van der Waals surface area contributed by atoms with E-state index in [1.54, 1.807) is 0 Å². The Bertz CT molecular complexity index is 465. The van der Waals surface area contributed by atoms with Crippen molar-refractivity contribution in [3.8, 4) is 0 Å². The van der Waals surface area contributed by atoms with Crippen LogP contribution in [0.3, 0.4) is 0 Å². The standard InChI is InChI=1S/C9H12N6O3/c10-8(17)14(12)6-1-5(4-16)2-7(3-6)15(13)9(11)18/h1-4H,12-13H2,(H2,10,17)(H2,11,18). The summed E-state index contributed by atoms with van der Waals surface area (Å²) in [5.41, 5.74) is 10.3. The van der Waals surface area contributed by atoms with Crippen LogP contribution in [0.2, 0.25) is 0 Å². The SMILES string of the molecule is NC(=O)N(N)c1cc(C=O)cc(N(N)C(N)=O)c1. The van der Waals surface area contributed by atoms with E-state index in [1.165, 1.54) is 18.2 Å². The molecular weight excluding hydrogens is 240 g/mol. The molecule has 0 saturated carbocycles. The van der Waals surface area contributed by atoms with Gasteiger partial charge in [-0.05, 0) is 18.2 Å². The predicted molar refractivity (Wildman–Crippen MR) is 64.3 cm³/mol. The third kappa shape index (κ3) is 2.72. The summed E-state index contributed by atoms with van der Waals surface area (Å²) in [5, 5.41) is 1.21. The molecule has 0 unspecified atom stereocenters. The molecule has 0 spiro atoms. The minimum absolute atomic E-state index is 0.0961. The van der Waals surface area contributed by atoms with Crippen molar-refractivity contribution in [1.82, 2.24) is 0 Å². The number of hydrogen-bond acceptors (Lipinski definition) is 5. The molecule has 0 aliphatic heterocycles. The van der Waals surface area contributed by atoms with Crippen LogP contribution in [0.25, 0.3) is 0 Å². The Labute approximate surface area is 102 Å². The normalized spacial score (nSPS) is 9.67. The smallest absolute Gasteiger partial charge is 0.333 e. The maximum Gasteiger partial charge on any atom is 0.333 e. The molecule has 0 radical (unpaired) electrons. The van der Waals surface area contributed by atoms with E-state index in [9.17, 15) is 14.4 Å². The Morgan fingerprint density at radius 3 is 1.61 bits per heavy atom. The van der Waals surface area contributed by atoms with Crippen molar-refractivity contribution in [3.05, 3.63) is 23.8 Å². The molecule has 0 saturated heterocycles. The van der Waals surface area contributed by atoms with Crippen LogP contribution in [0, 0.1) is 0 Å². The number of benzene rings is 1. The summed E-state index contributed by atoms with van der Waals surface area (Å²) in [6.07, 6.45) is 0.497. The lowest BCUT2D eigenvalue weighted by Gasteiger charge is -2.19. The van der Waals surface area contributed by atoms with E-state index in [4.69, 9.17) is 23.2 Å². The fourth-order valence-electron chi connectivity index (χ4n) is 1.22. The molecule has 1 aromatic carbocycles. The summed E-state index contributed by atoms with van der Waals surface area (Å²) in [4.78, 5) is 32.6. The number of aldehydes is 1. The van der Waals surface area contributed by atoms with Crippen LogP contribution in [0.4, 0.5) is 21.0 Å². The van der Waals surface area contributed by atoms with Gasteiger partial charge in [0, 0.05) is 5.56 Å². The van der Waals surface area contributed by atoms with Crippen LogP contribution in [-0.4, -0.2) is 18.3 Å². The van der Waals surface area contributed by atoms with Crippen LogP contribution in [0.5, 0.6) is 0 Å². The average Bonchev–Trinajstić information content (AvgIpc) is 2.35. The van der Waals surface area contributed by atoms with Gasteiger partial charge in [0.25, 0.3) is 0 Å². The van der Waals surface area contributed by atoms with Crippen LogP contribution in [-0.2, 0) is 0 Å². The predicted octanol–water partition coefficient (Wildman–Crippen LogP) is -0.983. The molecule has 1 aromatic rings. The number of carbonyl (C=O) groups excluding carboxylic acids is 3. The van der Waals surface area contributed by atoms with E-state index in [2.05, 4.69) is 0 Å². The first-order valence-corrected chi connectivity index (χ1v) is 4.65. The third-order valence-corrected chi connectivity index (χ3v) is 2.09. The minimum Gasteiger partial charge on any atom is -0.350 e. The van der Waals surface area contributed by atoms with Gasteiger partial charge in [0.2, 0.25) is 0 Å². The third-order valence-electron chi connectivity index (χ3n) is 2.09. The van der Waals surface area contributed by atoms with Crippen molar-refractivity contribution in [1.29, 1.82) is 0 Å². The van der Waals surface area contributed by atoms with Gasteiger partial charge in [0.1, 0.15) is 6.29 Å². The molecule has 96 valence electrons. The first-order valence-electron chi connectivity index (χ1n) is 4.65. The van der Waals surface area contributed by atoms with E-state index in [0.29, 0.717) is 16.3 Å². The first-order chi connectivity index (χ1) is 8.36. The largest absolute Gasteiger partial charge is 0.350 e. The highest BCUT2D eigenvalue weighted by molar-refractivity contribution is 5.95. The van der Waals surface area contributed by atoms with Gasteiger partial charge in [0.15, 0.2) is 0 Å². The second kappa shape index (κ2) is 5.12. The lowest BCUT2D eigenvalue weighted by atomic mass is 10.2. The van der Waals surface area contributed by atoms with Gasteiger partial charge in [-0.1, -0.05) is 0 Å². The highest BCUT2D eigenvalue weighted by atomic mass is 16.2. The van der Waals surface area contributed by atoms with Crippen molar-refractivity contribution in [2.75, 3.05) is 10.0 Å². The lowest BCUT2D eigenvalue weighted by Crippen LogP contribution is -2.43. The zero-order valence-electron chi connectivity index (χ0n) is 9.24. The molecule has 0 bridgehead atoms. The Morgan fingerprint density at radius 2 is 1.33 bits per heavy atom. The number of carbonyl (C=O) groups is 3. The van der Waals surface area contributed by atoms with Crippen LogP contribution in [0.1, 0.15) is 10.4 Å². The zero-order chi connectivity index (χ0) is 13.9. The maximum atomic E-state index is 10.9. The highest BCUT2D eigenvalue weighted by Gasteiger charge is 2.14. The Balaban J connectivity index is 3.29. The van der Waals surface area contributed by atoms with Crippen molar-refractivity contribution in [3.63, 3.8) is 0 Å². The second-order valence-corrected chi connectivity index (χ2v) is 3.32. The molecule has 1 rings (SSSR count). The molecule has 0 aromatic heterocycles. The zero-order valence-corrected chi connectivity index (χ0v) is 9.24. The quantitative estimate of drug-likeness (QED) is 0.235. The summed E-state index contributed by atoms with van der Waals surface area (Å²) in [6, 6.07) is 2.01. The summed E-state index contributed by atoms with van der Waals surface area (Å²) in [7, 11) is 0. The van der Waals surface area contributed by atoms with E-state index < -0.39 is 12.1 Å². The van der Waals surface area contributed by atoms with Crippen molar-refractivity contribution < 1.29 is 14.4 Å². The number of nitrogens with zero attached hydrogens (tertiary/aromatic N) is 2. The molecule has 0 aliphatic rings. The van der Waals surface area contributed by atoms with Crippen molar-refractivity contribution in [2.24, 2.45) is 23.2 Å². The van der Waals surface area contributed by atoms with E-state index in [0.717, 1.165) is 0 Å². The topological polar surface area (TPSA) is 162 Å². The van der Waals surface area contributed by atoms with Crippen molar-refractivity contribution in [2.45, 2.75) is 0 Å². The number of hydrazine groups is 2. The van der Waals surface area contributed by atoms with Gasteiger partial charge < -0.3 is 11.5 Å². The highest BCUT2D eigenvalue weighted by Crippen LogP contribution is 2.22. The lowest BCUT2D eigenvalue weighted by molar-refractivity contribution is 0.112. The molecule has 9 heteroatoms. The number of urea groups is 2. The Kier molecular flexibility index (Phi) is 3.82. The number of nitrogens with two attached hydrogens (primary N) is 4. The molecule has 9 nitrogen and oxygen atoms in total.